The molecule has 114 valence electrons. The van der Waals surface area contributed by atoms with Crippen LogP contribution in [0.3, 0.4) is 0 Å². The Morgan fingerprint density at radius 3 is 2.65 bits per heavy atom. The third kappa shape index (κ3) is 2.92. The molecule has 1 aliphatic heterocycles. The second-order valence-electron chi connectivity index (χ2n) is 5.94. The van der Waals surface area contributed by atoms with Crippen molar-refractivity contribution in [3.05, 3.63) is 18.0 Å². The first-order valence-corrected chi connectivity index (χ1v) is 8.62. The van der Waals surface area contributed by atoms with Gasteiger partial charge in [0.15, 0.2) is 0 Å². The maximum absolute atomic E-state index is 12.7. The van der Waals surface area contributed by atoms with Gasteiger partial charge in [-0.15, -0.1) is 0 Å². The number of nitrogens with zero attached hydrogens (tertiary/aromatic N) is 2. The summed E-state index contributed by atoms with van der Waals surface area (Å²) in [5.74, 6) is 0.406. The summed E-state index contributed by atoms with van der Waals surface area (Å²) in [7, 11) is -3.44. The van der Waals surface area contributed by atoms with Crippen LogP contribution in [0.5, 0.6) is 0 Å². The number of hydrogen-bond acceptors (Lipinski definition) is 3. The van der Waals surface area contributed by atoms with Gasteiger partial charge in [-0.2, -0.15) is 4.31 Å². The molecule has 20 heavy (non-hydrogen) atoms. The highest BCUT2D eigenvalue weighted by Crippen LogP contribution is 2.26. The first-order chi connectivity index (χ1) is 9.36. The van der Waals surface area contributed by atoms with Crippen molar-refractivity contribution < 1.29 is 13.5 Å². The molecule has 0 aromatic carbocycles. The predicted octanol–water partition coefficient (Wildman–Crippen LogP) is 1.98. The van der Waals surface area contributed by atoms with E-state index in [0.717, 1.165) is 12.8 Å². The standard InChI is InChI=1S/C14H24N2O3S/c1-11(2)16-9-14(7-13(16)10-17)20(18,19)15-6-4-5-12(3)8-15/h7,9,11-12,17H,4-6,8,10H2,1-3H3. The van der Waals surface area contributed by atoms with Crippen molar-refractivity contribution in [3.8, 4) is 0 Å². The first kappa shape index (κ1) is 15.5. The number of aromatic nitrogens is 1. The highest BCUT2D eigenvalue weighted by Gasteiger charge is 2.30. The van der Waals surface area contributed by atoms with E-state index in [2.05, 4.69) is 6.92 Å². The maximum Gasteiger partial charge on any atom is 0.244 e. The number of rotatable bonds is 4. The van der Waals surface area contributed by atoms with E-state index >= 15 is 0 Å². The molecule has 0 bridgehead atoms. The van der Waals surface area contributed by atoms with Gasteiger partial charge < -0.3 is 9.67 Å². The van der Waals surface area contributed by atoms with Gasteiger partial charge in [0.2, 0.25) is 10.0 Å². The number of aliphatic hydroxyl groups excluding tert-OH is 1. The van der Waals surface area contributed by atoms with Crippen molar-refractivity contribution in [1.82, 2.24) is 8.87 Å². The molecule has 1 aromatic heterocycles. The molecular weight excluding hydrogens is 276 g/mol. The van der Waals surface area contributed by atoms with Gasteiger partial charge in [0.1, 0.15) is 4.90 Å². The fourth-order valence-electron chi connectivity index (χ4n) is 2.76. The summed E-state index contributed by atoms with van der Waals surface area (Å²) in [6, 6.07) is 1.72. The van der Waals surface area contributed by atoms with Crippen LogP contribution in [0, 0.1) is 5.92 Å². The zero-order chi connectivity index (χ0) is 14.9. The van der Waals surface area contributed by atoms with E-state index in [0.29, 0.717) is 29.6 Å². The molecule has 1 aliphatic rings. The molecule has 0 aliphatic carbocycles. The van der Waals surface area contributed by atoms with E-state index < -0.39 is 10.0 Å². The molecule has 1 fully saturated rings. The molecule has 0 radical (unpaired) electrons. The Bertz CT molecular complexity index is 563. The summed E-state index contributed by atoms with van der Waals surface area (Å²) in [5.41, 5.74) is 0.642. The van der Waals surface area contributed by atoms with Crippen LogP contribution in [0.2, 0.25) is 0 Å². The second kappa shape index (κ2) is 5.87. The highest BCUT2D eigenvalue weighted by molar-refractivity contribution is 7.89. The molecule has 6 heteroatoms. The summed E-state index contributed by atoms with van der Waals surface area (Å²) < 4.78 is 28.7. The number of piperidine rings is 1. The van der Waals surface area contributed by atoms with E-state index in [-0.39, 0.29) is 12.6 Å². The Morgan fingerprint density at radius 1 is 1.45 bits per heavy atom. The summed E-state index contributed by atoms with van der Waals surface area (Å²) in [6.45, 7) is 7.05. The van der Waals surface area contributed by atoms with Crippen LogP contribution in [0.1, 0.15) is 45.3 Å². The third-order valence-electron chi connectivity index (χ3n) is 3.88. The molecule has 5 nitrogen and oxygen atoms in total. The van der Waals surface area contributed by atoms with Crippen molar-refractivity contribution in [2.75, 3.05) is 13.1 Å². The Labute approximate surface area is 121 Å². The molecule has 0 amide bonds. The zero-order valence-electron chi connectivity index (χ0n) is 12.4. The molecule has 1 unspecified atom stereocenters. The molecule has 1 N–H and O–H groups in total. The Kier molecular flexibility index (Phi) is 4.56. The minimum Gasteiger partial charge on any atom is -0.390 e. The Balaban J connectivity index is 2.34. The van der Waals surface area contributed by atoms with Gasteiger partial charge in [-0.1, -0.05) is 6.92 Å². The lowest BCUT2D eigenvalue weighted by atomic mass is 10.0. The molecule has 1 atom stereocenters. The van der Waals surface area contributed by atoms with Crippen LogP contribution < -0.4 is 0 Å². The molecule has 1 saturated heterocycles. The van der Waals surface area contributed by atoms with Crippen LogP contribution in [-0.2, 0) is 16.6 Å². The summed E-state index contributed by atoms with van der Waals surface area (Å²) in [4.78, 5) is 0.296. The normalized spacial score (nSPS) is 21.6. The van der Waals surface area contributed by atoms with Crippen molar-refractivity contribution in [1.29, 1.82) is 0 Å². The fourth-order valence-corrected chi connectivity index (χ4v) is 4.41. The molecule has 1 aromatic rings. The van der Waals surface area contributed by atoms with Crippen molar-refractivity contribution in [2.24, 2.45) is 5.92 Å². The van der Waals surface area contributed by atoms with Gasteiger partial charge in [0.25, 0.3) is 0 Å². The smallest absolute Gasteiger partial charge is 0.244 e. The minimum atomic E-state index is -3.44. The first-order valence-electron chi connectivity index (χ1n) is 7.18. The number of hydrogen-bond donors (Lipinski definition) is 1. The lowest BCUT2D eigenvalue weighted by Gasteiger charge is -2.29. The molecule has 2 heterocycles. The predicted molar refractivity (Wildman–Crippen MR) is 77.9 cm³/mol. The minimum absolute atomic E-state index is 0.126. The van der Waals surface area contributed by atoms with E-state index in [1.165, 1.54) is 0 Å². The van der Waals surface area contributed by atoms with E-state index in [9.17, 15) is 13.5 Å². The topological polar surface area (TPSA) is 62.5 Å². The molecular formula is C14H24N2O3S. The Hall–Kier alpha value is -0.850. The quantitative estimate of drug-likeness (QED) is 0.925. The van der Waals surface area contributed by atoms with Gasteiger partial charge >= 0.3 is 0 Å². The summed E-state index contributed by atoms with van der Waals surface area (Å²) in [6.07, 6.45) is 3.64. The largest absolute Gasteiger partial charge is 0.390 e. The van der Waals surface area contributed by atoms with Crippen molar-refractivity contribution in [2.45, 2.75) is 51.2 Å². The SMILES string of the molecule is CC1CCCN(S(=O)(=O)c2cc(CO)n(C(C)C)c2)C1. The van der Waals surface area contributed by atoms with Crippen LogP contribution >= 0.6 is 0 Å². The zero-order valence-corrected chi connectivity index (χ0v) is 13.2. The average molecular weight is 300 g/mol. The van der Waals surface area contributed by atoms with Crippen LogP contribution in [-0.4, -0.2) is 35.5 Å². The molecule has 0 spiro atoms. The second-order valence-corrected chi connectivity index (χ2v) is 7.87. The van der Waals surface area contributed by atoms with Gasteiger partial charge in [0, 0.05) is 31.0 Å². The van der Waals surface area contributed by atoms with Gasteiger partial charge in [-0.3, -0.25) is 0 Å². The van der Waals surface area contributed by atoms with Gasteiger partial charge in [-0.25, -0.2) is 8.42 Å². The van der Waals surface area contributed by atoms with E-state index in [1.807, 2.05) is 18.4 Å². The number of aliphatic hydroxyl groups is 1. The lowest BCUT2D eigenvalue weighted by molar-refractivity contribution is 0.268. The number of sulfonamides is 1. The van der Waals surface area contributed by atoms with E-state index in [1.54, 1.807) is 16.6 Å². The fraction of sp³-hybridized carbons (Fsp3) is 0.714. The van der Waals surface area contributed by atoms with Crippen LogP contribution in [0.25, 0.3) is 0 Å². The highest BCUT2D eigenvalue weighted by atomic mass is 32.2. The monoisotopic (exact) mass is 300 g/mol. The average Bonchev–Trinajstić information content (AvgIpc) is 2.83. The lowest BCUT2D eigenvalue weighted by Crippen LogP contribution is -2.38. The third-order valence-corrected chi connectivity index (χ3v) is 5.71. The maximum atomic E-state index is 12.7. The molecule has 0 saturated carbocycles. The summed E-state index contributed by atoms with van der Waals surface area (Å²) >= 11 is 0. The molecule has 2 rings (SSSR count). The van der Waals surface area contributed by atoms with Crippen molar-refractivity contribution in [3.63, 3.8) is 0 Å². The van der Waals surface area contributed by atoms with Crippen LogP contribution in [0.4, 0.5) is 0 Å². The van der Waals surface area contributed by atoms with Crippen LogP contribution in [0.15, 0.2) is 17.2 Å². The summed E-state index contributed by atoms with van der Waals surface area (Å²) in [5, 5.41) is 9.37. The Morgan fingerprint density at radius 2 is 2.15 bits per heavy atom. The van der Waals surface area contributed by atoms with Gasteiger partial charge in [0.05, 0.1) is 6.61 Å². The van der Waals surface area contributed by atoms with E-state index in [4.69, 9.17) is 0 Å². The van der Waals surface area contributed by atoms with Gasteiger partial charge in [-0.05, 0) is 38.7 Å². The van der Waals surface area contributed by atoms with Crippen molar-refractivity contribution >= 4 is 10.0 Å².